The van der Waals surface area contributed by atoms with Crippen LogP contribution in [-0.2, 0) is 9.47 Å². The third kappa shape index (κ3) is 3.44. The second-order valence-electron chi connectivity index (χ2n) is 4.97. The van der Waals surface area contributed by atoms with E-state index in [1.807, 2.05) is 0 Å². The fourth-order valence-electron chi connectivity index (χ4n) is 2.27. The molecule has 15 heavy (non-hydrogen) atoms. The van der Waals surface area contributed by atoms with Gasteiger partial charge < -0.3 is 14.8 Å². The topological polar surface area (TPSA) is 30.5 Å². The van der Waals surface area contributed by atoms with Crippen LogP contribution in [0.15, 0.2) is 0 Å². The fourth-order valence-corrected chi connectivity index (χ4v) is 2.27. The van der Waals surface area contributed by atoms with Crippen molar-refractivity contribution in [3.8, 4) is 0 Å². The van der Waals surface area contributed by atoms with Gasteiger partial charge in [0.1, 0.15) is 0 Å². The zero-order chi connectivity index (χ0) is 10.7. The third-order valence-corrected chi connectivity index (χ3v) is 3.50. The SMILES string of the molecule is COCC(NC(COC)C1CC1)C1CC1. The lowest BCUT2D eigenvalue weighted by molar-refractivity contribution is 0.117. The van der Waals surface area contributed by atoms with Gasteiger partial charge in [-0.2, -0.15) is 0 Å². The fraction of sp³-hybridized carbons (Fsp3) is 1.00. The van der Waals surface area contributed by atoms with E-state index in [0.29, 0.717) is 12.1 Å². The Morgan fingerprint density at radius 2 is 1.33 bits per heavy atom. The van der Waals surface area contributed by atoms with E-state index in [0.717, 1.165) is 25.0 Å². The molecule has 2 atom stereocenters. The zero-order valence-corrected chi connectivity index (χ0v) is 9.87. The van der Waals surface area contributed by atoms with Crippen molar-refractivity contribution < 1.29 is 9.47 Å². The highest BCUT2D eigenvalue weighted by atomic mass is 16.5. The number of rotatable bonds is 8. The Morgan fingerprint density at radius 3 is 1.60 bits per heavy atom. The van der Waals surface area contributed by atoms with E-state index >= 15 is 0 Å². The molecule has 0 saturated heterocycles. The van der Waals surface area contributed by atoms with Crippen LogP contribution in [-0.4, -0.2) is 39.5 Å². The van der Waals surface area contributed by atoms with Crippen LogP contribution in [0.25, 0.3) is 0 Å². The van der Waals surface area contributed by atoms with Crippen molar-refractivity contribution in [2.75, 3.05) is 27.4 Å². The minimum atomic E-state index is 0.552. The third-order valence-electron chi connectivity index (χ3n) is 3.50. The molecule has 0 aliphatic heterocycles. The summed E-state index contributed by atoms with van der Waals surface area (Å²) in [6.07, 6.45) is 5.47. The van der Waals surface area contributed by atoms with Crippen LogP contribution in [0, 0.1) is 11.8 Å². The van der Waals surface area contributed by atoms with Crippen molar-refractivity contribution in [3.63, 3.8) is 0 Å². The van der Waals surface area contributed by atoms with Gasteiger partial charge in [0.15, 0.2) is 0 Å². The molecular formula is C12H23NO2. The zero-order valence-electron chi connectivity index (χ0n) is 9.87. The molecule has 2 aliphatic carbocycles. The Morgan fingerprint density at radius 1 is 0.933 bits per heavy atom. The second kappa shape index (κ2) is 5.28. The van der Waals surface area contributed by atoms with Gasteiger partial charge in [-0.25, -0.2) is 0 Å². The second-order valence-corrected chi connectivity index (χ2v) is 4.97. The molecule has 0 amide bonds. The number of nitrogens with one attached hydrogen (secondary N) is 1. The highest BCUT2D eigenvalue weighted by Crippen LogP contribution is 2.36. The van der Waals surface area contributed by atoms with Crippen molar-refractivity contribution in [1.82, 2.24) is 5.32 Å². The van der Waals surface area contributed by atoms with E-state index in [1.54, 1.807) is 14.2 Å². The van der Waals surface area contributed by atoms with E-state index in [9.17, 15) is 0 Å². The first-order chi connectivity index (χ1) is 7.35. The van der Waals surface area contributed by atoms with Gasteiger partial charge in [0, 0.05) is 26.3 Å². The van der Waals surface area contributed by atoms with Crippen molar-refractivity contribution in [2.45, 2.75) is 37.8 Å². The Kier molecular flexibility index (Phi) is 4.00. The van der Waals surface area contributed by atoms with E-state index in [4.69, 9.17) is 9.47 Å². The first-order valence-electron chi connectivity index (χ1n) is 6.09. The smallest absolute Gasteiger partial charge is 0.0618 e. The molecule has 1 N–H and O–H groups in total. The molecule has 2 unspecified atom stereocenters. The van der Waals surface area contributed by atoms with Gasteiger partial charge in [-0.05, 0) is 37.5 Å². The Labute approximate surface area is 92.5 Å². The van der Waals surface area contributed by atoms with Crippen molar-refractivity contribution in [1.29, 1.82) is 0 Å². The van der Waals surface area contributed by atoms with Crippen LogP contribution in [0.5, 0.6) is 0 Å². The van der Waals surface area contributed by atoms with Gasteiger partial charge in [-0.1, -0.05) is 0 Å². The summed E-state index contributed by atoms with van der Waals surface area (Å²) in [5.41, 5.74) is 0. The molecule has 0 aromatic carbocycles. The van der Waals surface area contributed by atoms with Gasteiger partial charge in [-0.15, -0.1) is 0 Å². The molecule has 2 aliphatic rings. The number of ether oxygens (including phenoxy) is 2. The van der Waals surface area contributed by atoms with Gasteiger partial charge in [0.25, 0.3) is 0 Å². The van der Waals surface area contributed by atoms with E-state index < -0.39 is 0 Å². The van der Waals surface area contributed by atoms with E-state index in [1.165, 1.54) is 25.7 Å². The normalized spacial score (nSPS) is 25.2. The number of hydrogen-bond donors (Lipinski definition) is 1. The molecule has 3 nitrogen and oxygen atoms in total. The van der Waals surface area contributed by atoms with Gasteiger partial charge in [0.2, 0.25) is 0 Å². The van der Waals surface area contributed by atoms with Gasteiger partial charge in [0.05, 0.1) is 13.2 Å². The lowest BCUT2D eigenvalue weighted by Gasteiger charge is -2.25. The maximum atomic E-state index is 5.28. The first kappa shape index (κ1) is 11.4. The van der Waals surface area contributed by atoms with Crippen LogP contribution >= 0.6 is 0 Å². The van der Waals surface area contributed by atoms with Crippen LogP contribution in [0.4, 0.5) is 0 Å². The summed E-state index contributed by atoms with van der Waals surface area (Å²) in [4.78, 5) is 0. The summed E-state index contributed by atoms with van der Waals surface area (Å²) in [5, 5.41) is 3.73. The maximum Gasteiger partial charge on any atom is 0.0618 e. The van der Waals surface area contributed by atoms with E-state index in [2.05, 4.69) is 5.32 Å². The van der Waals surface area contributed by atoms with Gasteiger partial charge in [-0.3, -0.25) is 0 Å². The van der Waals surface area contributed by atoms with Crippen molar-refractivity contribution >= 4 is 0 Å². The average molecular weight is 213 g/mol. The lowest BCUT2D eigenvalue weighted by Crippen LogP contribution is -2.45. The summed E-state index contributed by atoms with van der Waals surface area (Å²) >= 11 is 0. The van der Waals surface area contributed by atoms with Crippen LogP contribution in [0.1, 0.15) is 25.7 Å². The maximum absolute atomic E-state index is 5.28. The molecule has 2 rings (SSSR count). The predicted molar refractivity (Wildman–Crippen MR) is 59.9 cm³/mol. The quantitative estimate of drug-likeness (QED) is 0.661. The molecule has 0 heterocycles. The summed E-state index contributed by atoms with van der Waals surface area (Å²) < 4.78 is 10.6. The summed E-state index contributed by atoms with van der Waals surface area (Å²) in [5.74, 6) is 1.70. The molecular weight excluding hydrogens is 190 g/mol. The molecule has 0 spiro atoms. The number of hydrogen-bond acceptors (Lipinski definition) is 3. The van der Waals surface area contributed by atoms with Crippen molar-refractivity contribution in [2.24, 2.45) is 11.8 Å². The van der Waals surface area contributed by atoms with Crippen LogP contribution in [0.3, 0.4) is 0 Å². The molecule has 0 radical (unpaired) electrons. The molecule has 88 valence electrons. The van der Waals surface area contributed by atoms with Crippen LogP contribution in [0.2, 0.25) is 0 Å². The van der Waals surface area contributed by atoms with Gasteiger partial charge >= 0.3 is 0 Å². The minimum absolute atomic E-state index is 0.552. The Bertz CT molecular complexity index is 170. The summed E-state index contributed by atoms with van der Waals surface area (Å²) in [7, 11) is 3.58. The van der Waals surface area contributed by atoms with Crippen LogP contribution < -0.4 is 5.32 Å². The highest BCUT2D eigenvalue weighted by Gasteiger charge is 2.37. The molecule has 3 heteroatoms. The summed E-state index contributed by atoms with van der Waals surface area (Å²) in [6.45, 7) is 1.69. The Balaban J connectivity index is 1.78. The molecule has 0 aromatic rings. The highest BCUT2D eigenvalue weighted by molar-refractivity contribution is 4.93. The minimum Gasteiger partial charge on any atom is -0.383 e. The van der Waals surface area contributed by atoms with E-state index in [-0.39, 0.29) is 0 Å². The molecule has 2 saturated carbocycles. The molecule has 0 bridgehead atoms. The predicted octanol–water partition coefficient (Wildman–Crippen LogP) is 1.43. The van der Waals surface area contributed by atoms with Crippen molar-refractivity contribution in [3.05, 3.63) is 0 Å². The molecule has 0 aromatic heterocycles. The summed E-state index contributed by atoms with van der Waals surface area (Å²) in [6, 6.07) is 1.10. The first-order valence-corrected chi connectivity index (χ1v) is 6.09. The monoisotopic (exact) mass is 213 g/mol. The Hall–Kier alpha value is -0.120. The average Bonchev–Trinajstić information content (AvgIpc) is 3.05. The lowest BCUT2D eigenvalue weighted by atomic mass is 10.1. The largest absolute Gasteiger partial charge is 0.383 e. The standard InChI is InChI=1S/C12H23NO2/c1-14-7-11(9-3-4-9)13-12(8-15-2)10-5-6-10/h9-13H,3-8H2,1-2H3. The number of methoxy groups -OCH3 is 2. The molecule has 2 fully saturated rings.